The lowest BCUT2D eigenvalue weighted by molar-refractivity contribution is -0.155. The molecule has 1 aromatic carbocycles. The fourth-order valence-electron chi connectivity index (χ4n) is 3.71. The highest BCUT2D eigenvalue weighted by Crippen LogP contribution is 2.46. The highest BCUT2D eigenvalue weighted by Gasteiger charge is 2.50. The molecule has 0 aromatic heterocycles. The van der Waals surface area contributed by atoms with Crippen molar-refractivity contribution in [3.63, 3.8) is 0 Å². The third-order valence-electron chi connectivity index (χ3n) is 5.33. The van der Waals surface area contributed by atoms with Gasteiger partial charge in [-0.3, -0.25) is 4.79 Å². The zero-order chi connectivity index (χ0) is 18.1. The summed E-state index contributed by atoms with van der Waals surface area (Å²) in [6.07, 6.45) is 0.516. The number of rotatable bonds is 4. The standard InChI is InChI=1S/C19H29ClN2O2/c1-13(2)16(21-5)17(23)22-11-10-19(24,18(3,4)12-22)14-6-8-15(20)9-7-14/h6-9,13,16,21,24H,10-12H2,1-5H3. The van der Waals surface area contributed by atoms with E-state index in [2.05, 4.69) is 5.32 Å². The summed E-state index contributed by atoms with van der Waals surface area (Å²) >= 11 is 5.97. The Bertz CT molecular complexity index is 586. The average molecular weight is 353 g/mol. The first-order valence-electron chi connectivity index (χ1n) is 8.57. The molecule has 0 spiro atoms. The molecule has 4 nitrogen and oxygen atoms in total. The number of amides is 1. The minimum Gasteiger partial charge on any atom is -0.384 e. The van der Waals surface area contributed by atoms with Crippen molar-refractivity contribution in [1.29, 1.82) is 0 Å². The molecule has 0 saturated carbocycles. The summed E-state index contributed by atoms with van der Waals surface area (Å²) in [7, 11) is 1.82. The van der Waals surface area contributed by atoms with Crippen molar-refractivity contribution in [2.45, 2.75) is 45.8 Å². The van der Waals surface area contributed by atoms with Crippen LogP contribution in [0.3, 0.4) is 0 Å². The van der Waals surface area contributed by atoms with Gasteiger partial charge in [0.05, 0.1) is 11.6 Å². The van der Waals surface area contributed by atoms with E-state index in [1.54, 1.807) is 12.1 Å². The Labute approximate surface area is 150 Å². The van der Waals surface area contributed by atoms with E-state index in [0.717, 1.165) is 5.56 Å². The van der Waals surface area contributed by atoms with Crippen molar-refractivity contribution in [2.24, 2.45) is 11.3 Å². The Morgan fingerprint density at radius 2 is 1.88 bits per heavy atom. The molecule has 1 aliphatic heterocycles. The van der Waals surface area contributed by atoms with Crippen LogP contribution in [0.5, 0.6) is 0 Å². The molecular formula is C19H29ClN2O2. The Balaban J connectivity index is 2.23. The normalized spacial score (nSPS) is 24.9. The number of carbonyl (C=O) groups is 1. The fourth-order valence-corrected chi connectivity index (χ4v) is 3.84. The maximum absolute atomic E-state index is 12.8. The monoisotopic (exact) mass is 352 g/mol. The fraction of sp³-hybridized carbons (Fsp3) is 0.632. The molecule has 5 heteroatoms. The quantitative estimate of drug-likeness (QED) is 0.875. The molecule has 2 rings (SSSR count). The predicted octanol–water partition coefficient (Wildman–Crippen LogP) is 3.03. The number of piperidine rings is 1. The zero-order valence-electron chi connectivity index (χ0n) is 15.3. The van der Waals surface area contributed by atoms with Gasteiger partial charge < -0.3 is 15.3 Å². The smallest absolute Gasteiger partial charge is 0.239 e. The second-order valence-electron chi connectivity index (χ2n) is 7.77. The molecule has 0 bridgehead atoms. The largest absolute Gasteiger partial charge is 0.384 e. The van der Waals surface area contributed by atoms with E-state index in [1.165, 1.54) is 0 Å². The Morgan fingerprint density at radius 1 is 1.29 bits per heavy atom. The van der Waals surface area contributed by atoms with E-state index in [9.17, 15) is 9.90 Å². The van der Waals surface area contributed by atoms with Crippen molar-refractivity contribution in [3.8, 4) is 0 Å². The van der Waals surface area contributed by atoms with Crippen LogP contribution in [-0.2, 0) is 10.4 Å². The second kappa shape index (κ2) is 7.03. The molecule has 2 atom stereocenters. The van der Waals surface area contributed by atoms with Gasteiger partial charge in [0.2, 0.25) is 5.91 Å². The number of likely N-dealkylation sites (tertiary alicyclic amines) is 1. The predicted molar refractivity (Wildman–Crippen MR) is 98.0 cm³/mol. The molecule has 1 aromatic rings. The van der Waals surface area contributed by atoms with Gasteiger partial charge in [-0.25, -0.2) is 0 Å². The second-order valence-corrected chi connectivity index (χ2v) is 8.21. The van der Waals surface area contributed by atoms with E-state index in [4.69, 9.17) is 11.6 Å². The number of nitrogens with zero attached hydrogens (tertiary/aromatic N) is 1. The summed E-state index contributed by atoms with van der Waals surface area (Å²) in [5.74, 6) is 0.335. The average Bonchev–Trinajstić information content (AvgIpc) is 2.50. The highest BCUT2D eigenvalue weighted by molar-refractivity contribution is 6.30. The van der Waals surface area contributed by atoms with E-state index >= 15 is 0 Å². The molecule has 1 fully saturated rings. The van der Waals surface area contributed by atoms with Gasteiger partial charge in [0.1, 0.15) is 0 Å². The third-order valence-corrected chi connectivity index (χ3v) is 5.58. The van der Waals surface area contributed by atoms with Crippen molar-refractivity contribution >= 4 is 17.5 Å². The van der Waals surface area contributed by atoms with Gasteiger partial charge in [-0.1, -0.05) is 51.4 Å². The summed E-state index contributed by atoms with van der Waals surface area (Å²) in [6.45, 7) is 9.19. The maximum Gasteiger partial charge on any atom is 0.239 e. The number of nitrogens with one attached hydrogen (secondary N) is 1. The van der Waals surface area contributed by atoms with Crippen LogP contribution < -0.4 is 5.32 Å². The number of likely N-dealkylation sites (N-methyl/N-ethyl adjacent to an activating group) is 1. The molecule has 1 aliphatic rings. The Morgan fingerprint density at radius 3 is 2.33 bits per heavy atom. The van der Waals surface area contributed by atoms with Crippen LogP contribution in [0, 0.1) is 11.3 Å². The summed E-state index contributed by atoms with van der Waals surface area (Å²) in [4.78, 5) is 14.7. The lowest BCUT2D eigenvalue weighted by Gasteiger charge is -2.51. The maximum atomic E-state index is 12.8. The van der Waals surface area contributed by atoms with Crippen LogP contribution >= 0.6 is 11.6 Å². The molecule has 1 amide bonds. The number of hydrogen-bond donors (Lipinski definition) is 2. The van der Waals surface area contributed by atoms with Crippen LogP contribution in [-0.4, -0.2) is 42.1 Å². The zero-order valence-corrected chi connectivity index (χ0v) is 16.0. The van der Waals surface area contributed by atoms with Crippen LogP contribution in [0.2, 0.25) is 5.02 Å². The van der Waals surface area contributed by atoms with Crippen LogP contribution in [0.1, 0.15) is 39.7 Å². The van der Waals surface area contributed by atoms with E-state index in [0.29, 0.717) is 24.5 Å². The molecule has 134 valence electrons. The number of carbonyl (C=O) groups excluding carboxylic acids is 1. The molecule has 0 aliphatic carbocycles. The SMILES string of the molecule is CNC(C(=O)N1CCC(O)(c2ccc(Cl)cc2)C(C)(C)C1)C(C)C. The first kappa shape index (κ1) is 19.2. The van der Waals surface area contributed by atoms with Crippen molar-refractivity contribution in [1.82, 2.24) is 10.2 Å². The summed E-state index contributed by atoms with van der Waals surface area (Å²) in [6, 6.07) is 7.18. The summed E-state index contributed by atoms with van der Waals surface area (Å²) in [5, 5.41) is 15.1. The Hall–Kier alpha value is -1.10. The van der Waals surface area contributed by atoms with Crippen LogP contribution in [0.25, 0.3) is 0 Å². The topological polar surface area (TPSA) is 52.6 Å². The first-order valence-corrected chi connectivity index (χ1v) is 8.94. The van der Waals surface area contributed by atoms with Crippen molar-refractivity contribution in [3.05, 3.63) is 34.9 Å². The number of hydrogen-bond acceptors (Lipinski definition) is 3. The molecule has 2 N–H and O–H groups in total. The summed E-state index contributed by atoms with van der Waals surface area (Å²) in [5.41, 5.74) is -0.566. The number of aliphatic hydroxyl groups is 1. The van der Waals surface area contributed by atoms with Crippen LogP contribution in [0.4, 0.5) is 0 Å². The van der Waals surface area contributed by atoms with Gasteiger partial charge in [0.15, 0.2) is 0 Å². The van der Waals surface area contributed by atoms with Gasteiger partial charge in [0.25, 0.3) is 0 Å². The molecule has 24 heavy (non-hydrogen) atoms. The highest BCUT2D eigenvalue weighted by atomic mass is 35.5. The minimum absolute atomic E-state index is 0.110. The van der Waals surface area contributed by atoms with E-state index in [1.807, 2.05) is 51.8 Å². The van der Waals surface area contributed by atoms with Gasteiger partial charge in [-0.15, -0.1) is 0 Å². The van der Waals surface area contributed by atoms with Crippen molar-refractivity contribution in [2.75, 3.05) is 20.1 Å². The Kier molecular flexibility index (Phi) is 5.63. The molecule has 0 radical (unpaired) electrons. The van der Waals surface area contributed by atoms with E-state index in [-0.39, 0.29) is 17.9 Å². The van der Waals surface area contributed by atoms with E-state index < -0.39 is 11.0 Å². The van der Waals surface area contributed by atoms with Gasteiger partial charge in [-0.2, -0.15) is 0 Å². The van der Waals surface area contributed by atoms with Gasteiger partial charge >= 0.3 is 0 Å². The van der Waals surface area contributed by atoms with Crippen LogP contribution in [0.15, 0.2) is 24.3 Å². The lowest BCUT2D eigenvalue weighted by Crippen LogP contribution is -2.59. The van der Waals surface area contributed by atoms with Gasteiger partial charge in [0, 0.05) is 23.5 Å². The van der Waals surface area contributed by atoms with Crippen molar-refractivity contribution < 1.29 is 9.90 Å². The molecule has 2 unspecified atom stereocenters. The third kappa shape index (κ3) is 3.46. The van der Waals surface area contributed by atoms with Gasteiger partial charge in [-0.05, 0) is 37.1 Å². The molecule has 1 heterocycles. The molecular weight excluding hydrogens is 324 g/mol. The summed E-state index contributed by atoms with van der Waals surface area (Å²) < 4.78 is 0. The number of benzene rings is 1. The lowest BCUT2D eigenvalue weighted by atomic mass is 9.66. The minimum atomic E-state index is -0.971. The number of halogens is 1. The first-order chi connectivity index (χ1) is 11.1. The molecule has 1 saturated heterocycles.